The lowest BCUT2D eigenvalue weighted by Gasteiger charge is -2.08. The van der Waals surface area contributed by atoms with Crippen molar-refractivity contribution in [1.29, 1.82) is 5.26 Å². The Bertz CT molecular complexity index is 919. The molecule has 3 nitrogen and oxygen atoms in total. The van der Waals surface area contributed by atoms with E-state index in [2.05, 4.69) is 6.07 Å². The number of ketones is 1. The van der Waals surface area contributed by atoms with Crippen LogP contribution in [0.3, 0.4) is 0 Å². The molecule has 3 aromatic rings. The van der Waals surface area contributed by atoms with E-state index in [1.165, 1.54) is 0 Å². The van der Waals surface area contributed by atoms with Crippen LogP contribution in [0, 0.1) is 11.3 Å². The van der Waals surface area contributed by atoms with Crippen LogP contribution in [-0.4, -0.2) is 5.78 Å². The van der Waals surface area contributed by atoms with Crippen LogP contribution in [0.1, 0.15) is 28.4 Å². The molecule has 0 saturated carbocycles. The molecule has 3 aromatic carbocycles. The van der Waals surface area contributed by atoms with Gasteiger partial charge in [-0.15, -0.1) is 0 Å². The first-order valence-electron chi connectivity index (χ1n) is 7.99. The third kappa shape index (κ3) is 3.94. The van der Waals surface area contributed by atoms with E-state index in [1.807, 2.05) is 48.5 Å². The third-order valence-corrected chi connectivity index (χ3v) is 3.98. The fraction of sp³-hybridized carbons (Fsp3) is 0.0909. The zero-order valence-corrected chi connectivity index (χ0v) is 13.9. The number of Topliss-reactive ketones (excluding diaryl/α,β-unsaturated/α-hetero) is 1. The van der Waals surface area contributed by atoms with Gasteiger partial charge in [0.25, 0.3) is 0 Å². The van der Waals surface area contributed by atoms with Crippen LogP contribution in [-0.2, 0) is 6.61 Å². The van der Waals surface area contributed by atoms with Crippen molar-refractivity contribution in [2.24, 2.45) is 0 Å². The van der Waals surface area contributed by atoms with E-state index >= 15 is 0 Å². The molecular formula is C22H17NO2. The topological polar surface area (TPSA) is 50.1 Å². The Kier molecular flexibility index (Phi) is 4.92. The first-order chi connectivity index (χ1) is 12.2. The summed E-state index contributed by atoms with van der Waals surface area (Å²) in [5, 5.41) is 9.21. The number of carbonyl (C=O) groups is 1. The summed E-state index contributed by atoms with van der Waals surface area (Å²) < 4.78 is 5.75. The molecule has 25 heavy (non-hydrogen) atoms. The Morgan fingerprint density at radius 3 is 2.28 bits per heavy atom. The highest BCUT2D eigenvalue weighted by Crippen LogP contribution is 2.24. The number of nitriles is 1. The largest absolute Gasteiger partial charge is 0.489 e. The van der Waals surface area contributed by atoms with Gasteiger partial charge in [0.15, 0.2) is 5.78 Å². The van der Waals surface area contributed by atoms with Crippen molar-refractivity contribution in [2.75, 3.05) is 0 Å². The van der Waals surface area contributed by atoms with Crippen molar-refractivity contribution in [2.45, 2.75) is 13.5 Å². The number of nitrogens with zero attached hydrogens (tertiary/aromatic N) is 1. The molecule has 0 aromatic heterocycles. The van der Waals surface area contributed by atoms with E-state index in [0.717, 1.165) is 22.4 Å². The van der Waals surface area contributed by atoms with Crippen molar-refractivity contribution >= 4 is 5.78 Å². The minimum absolute atomic E-state index is 0.0415. The average Bonchev–Trinajstić information content (AvgIpc) is 2.67. The predicted molar refractivity (Wildman–Crippen MR) is 97.4 cm³/mol. The molecular weight excluding hydrogens is 310 g/mol. The van der Waals surface area contributed by atoms with Crippen LogP contribution < -0.4 is 4.74 Å². The van der Waals surface area contributed by atoms with Crippen LogP contribution in [0.4, 0.5) is 0 Å². The second kappa shape index (κ2) is 7.46. The summed E-state index contributed by atoms with van der Waals surface area (Å²) >= 11 is 0. The lowest BCUT2D eigenvalue weighted by atomic mass is 9.99. The van der Waals surface area contributed by atoms with Gasteiger partial charge in [-0.1, -0.05) is 42.5 Å². The summed E-state index contributed by atoms with van der Waals surface area (Å²) in [5.74, 6) is 0.767. The lowest BCUT2D eigenvalue weighted by Crippen LogP contribution is -1.97. The standard InChI is InChI=1S/C22H17NO2/c1-16(24)18-10-12-21(13-11-18)25-15-17-6-8-19(9-7-17)22-5-3-2-4-20(22)14-23/h2-13H,15H2,1H3. The maximum absolute atomic E-state index is 11.3. The Hall–Kier alpha value is -3.38. The summed E-state index contributed by atoms with van der Waals surface area (Å²) in [6.45, 7) is 1.99. The average molecular weight is 327 g/mol. The van der Waals surface area contributed by atoms with E-state index in [-0.39, 0.29) is 5.78 Å². The fourth-order valence-corrected chi connectivity index (χ4v) is 2.57. The maximum atomic E-state index is 11.3. The minimum Gasteiger partial charge on any atom is -0.489 e. The van der Waals surface area contributed by atoms with Gasteiger partial charge in [-0.25, -0.2) is 0 Å². The number of benzene rings is 3. The van der Waals surface area contributed by atoms with E-state index in [9.17, 15) is 10.1 Å². The molecule has 3 rings (SSSR count). The quantitative estimate of drug-likeness (QED) is 0.619. The summed E-state index contributed by atoms with van der Waals surface area (Å²) in [5.41, 5.74) is 4.31. The second-order valence-corrected chi connectivity index (χ2v) is 5.72. The molecule has 0 radical (unpaired) electrons. The van der Waals surface area contributed by atoms with Gasteiger partial charge in [0, 0.05) is 5.56 Å². The van der Waals surface area contributed by atoms with Gasteiger partial charge in [-0.3, -0.25) is 4.79 Å². The Labute approximate surface area is 147 Å². The molecule has 0 spiro atoms. The van der Waals surface area contributed by atoms with E-state index in [0.29, 0.717) is 17.7 Å². The first-order valence-corrected chi connectivity index (χ1v) is 7.99. The molecule has 0 bridgehead atoms. The van der Waals surface area contributed by atoms with Crippen molar-refractivity contribution in [3.8, 4) is 22.9 Å². The summed E-state index contributed by atoms with van der Waals surface area (Å²) in [6.07, 6.45) is 0. The molecule has 0 atom stereocenters. The summed E-state index contributed by atoms with van der Waals surface area (Å²) in [4.78, 5) is 11.3. The first kappa shape index (κ1) is 16.5. The monoisotopic (exact) mass is 327 g/mol. The third-order valence-electron chi connectivity index (χ3n) is 3.98. The van der Waals surface area contributed by atoms with Gasteiger partial charge < -0.3 is 4.74 Å². The second-order valence-electron chi connectivity index (χ2n) is 5.72. The van der Waals surface area contributed by atoms with Gasteiger partial charge in [0.05, 0.1) is 11.6 Å². The number of rotatable bonds is 5. The highest BCUT2D eigenvalue weighted by Gasteiger charge is 2.04. The molecule has 0 saturated heterocycles. The van der Waals surface area contributed by atoms with Crippen LogP contribution in [0.5, 0.6) is 5.75 Å². The molecule has 0 heterocycles. The number of hydrogen-bond acceptors (Lipinski definition) is 3. The van der Waals surface area contributed by atoms with Gasteiger partial charge in [0.1, 0.15) is 12.4 Å². The number of ether oxygens (including phenoxy) is 1. The Balaban J connectivity index is 1.69. The minimum atomic E-state index is 0.0415. The molecule has 0 fully saturated rings. The van der Waals surface area contributed by atoms with Gasteiger partial charge in [-0.05, 0) is 53.9 Å². The number of carbonyl (C=O) groups excluding carboxylic acids is 1. The molecule has 122 valence electrons. The van der Waals surface area contributed by atoms with Crippen molar-refractivity contribution < 1.29 is 9.53 Å². The van der Waals surface area contributed by atoms with Crippen molar-refractivity contribution in [1.82, 2.24) is 0 Å². The maximum Gasteiger partial charge on any atom is 0.159 e. The molecule has 3 heteroatoms. The predicted octanol–water partition coefficient (Wildman–Crippen LogP) is 5.01. The highest BCUT2D eigenvalue weighted by atomic mass is 16.5. The van der Waals surface area contributed by atoms with E-state index in [1.54, 1.807) is 31.2 Å². The number of hydrogen-bond donors (Lipinski definition) is 0. The zero-order chi connectivity index (χ0) is 17.6. The molecule has 0 amide bonds. The van der Waals surface area contributed by atoms with Gasteiger partial charge in [0.2, 0.25) is 0 Å². The van der Waals surface area contributed by atoms with Gasteiger partial charge >= 0.3 is 0 Å². The molecule has 0 aliphatic carbocycles. The van der Waals surface area contributed by atoms with Crippen LogP contribution >= 0.6 is 0 Å². The molecule has 0 aliphatic heterocycles. The summed E-state index contributed by atoms with van der Waals surface area (Å²) in [6, 6.07) is 24.9. The SMILES string of the molecule is CC(=O)c1ccc(OCc2ccc(-c3ccccc3C#N)cc2)cc1. The Morgan fingerprint density at radius 2 is 1.64 bits per heavy atom. The van der Waals surface area contributed by atoms with Crippen LogP contribution in [0.25, 0.3) is 11.1 Å². The highest BCUT2D eigenvalue weighted by molar-refractivity contribution is 5.94. The van der Waals surface area contributed by atoms with E-state index < -0.39 is 0 Å². The normalized spacial score (nSPS) is 10.1. The lowest BCUT2D eigenvalue weighted by molar-refractivity contribution is 0.101. The van der Waals surface area contributed by atoms with Gasteiger partial charge in [-0.2, -0.15) is 5.26 Å². The van der Waals surface area contributed by atoms with Crippen molar-refractivity contribution in [3.63, 3.8) is 0 Å². The van der Waals surface area contributed by atoms with Crippen LogP contribution in [0.2, 0.25) is 0 Å². The van der Waals surface area contributed by atoms with Crippen molar-refractivity contribution in [3.05, 3.63) is 89.5 Å². The fourth-order valence-electron chi connectivity index (χ4n) is 2.57. The molecule has 0 N–H and O–H groups in total. The zero-order valence-electron chi connectivity index (χ0n) is 13.9. The molecule has 0 unspecified atom stereocenters. The Morgan fingerprint density at radius 1 is 0.960 bits per heavy atom. The summed E-state index contributed by atoms with van der Waals surface area (Å²) in [7, 11) is 0. The smallest absolute Gasteiger partial charge is 0.159 e. The van der Waals surface area contributed by atoms with E-state index in [4.69, 9.17) is 4.74 Å². The molecule has 0 aliphatic rings. The van der Waals surface area contributed by atoms with Crippen LogP contribution in [0.15, 0.2) is 72.8 Å².